The Balaban J connectivity index is 2.10. The van der Waals surface area contributed by atoms with Crippen LogP contribution in [0.5, 0.6) is 0 Å². The topological polar surface area (TPSA) is 17.1 Å². The third kappa shape index (κ3) is 1.59. The molecule has 0 saturated heterocycles. The van der Waals surface area contributed by atoms with Crippen LogP contribution in [0.2, 0.25) is 0 Å². The molecule has 0 amide bonds. The van der Waals surface area contributed by atoms with Gasteiger partial charge in [0.1, 0.15) is 5.78 Å². The molecule has 1 aliphatic rings. The van der Waals surface area contributed by atoms with Crippen LogP contribution in [0.25, 0.3) is 0 Å². The van der Waals surface area contributed by atoms with Crippen molar-refractivity contribution in [2.45, 2.75) is 18.8 Å². The molecule has 0 aliphatic heterocycles. The maximum atomic E-state index is 11.7. The van der Waals surface area contributed by atoms with Gasteiger partial charge in [0.05, 0.1) is 0 Å². The molecule has 3 rings (SSSR count). The predicted molar refractivity (Wildman–Crippen MR) is 65.9 cm³/mol. The highest BCUT2D eigenvalue weighted by atomic mass is 32.1. The normalized spacial score (nSPS) is 19.5. The number of thiophene rings is 1. The minimum Gasteiger partial charge on any atom is -0.299 e. The third-order valence-electron chi connectivity index (χ3n) is 3.14. The summed E-state index contributed by atoms with van der Waals surface area (Å²) in [5, 5.41) is 2.08. The van der Waals surface area contributed by atoms with Crippen molar-refractivity contribution in [3.8, 4) is 0 Å². The third-order valence-corrected chi connectivity index (χ3v) is 4.12. The van der Waals surface area contributed by atoms with Crippen LogP contribution >= 0.6 is 11.3 Å². The van der Waals surface area contributed by atoms with Gasteiger partial charge in [0.2, 0.25) is 0 Å². The zero-order valence-corrected chi connectivity index (χ0v) is 9.67. The maximum Gasteiger partial charge on any atom is 0.138 e. The van der Waals surface area contributed by atoms with Crippen molar-refractivity contribution in [3.05, 3.63) is 57.8 Å². The van der Waals surface area contributed by atoms with E-state index in [1.165, 1.54) is 16.0 Å². The van der Waals surface area contributed by atoms with Crippen LogP contribution in [0.15, 0.2) is 41.8 Å². The lowest BCUT2D eigenvalue weighted by molar-refractivity contribution is -0.119. The molecule has 0 saturated carbocycles. The highest BCUT2D eigenvalue weighted by Gasteiger charge is 2.26. The molecule has 80 valence electrons. The van der Waals surface area contributed by atoms with Crippen molar-refractivity contribution in [3.63, 3.8) is 0 Å². The Bertz CT molecular complexity index is 513. The smallest absolute Gasteiger partial charge is 0.138 e. The standard InChI is InChI=1S/C14H12OS/c15-11-8-10-4-1-2-5-12(10)13(9-11)14-6-3-7-16-14/h1-7,13H,8-9H2. The number of ketones is 1. The Morgan fingerprint density at radius 3 is 2.81 bits per heavy atom. The quantitative estimate of drug-likeness (QED) is 0.731. The van der Waals surface area contributed by atoms with Gasteiger partial charge in [0.15, 0.2) is 0 Å². The molecule has 0 N–H and O–H groups in total. The minimum absolute atomic E-state index is 0.289. The summed E-state index contributed by atoms with van der Waals surface area (Å²) in [4.78, 5) is 13.0. The molecule has 1 aliphatic carbocycles. The van der Waals surface area contributed by atoms with Crippen molar-refractivity contribution in [2.75, 3.05) is 0 Å². The molecular weight excluding hydrogens is 216 g/mol. The lowest BCUT2D eigenvalue weighted by atomic mass is 9.81. The first-order chi connectivity index (χ1) is 7.84. The minimum atomic E-state index is 0.289. The van der Waals surface area contributed by atoms with Crippen molar-refractivity contribution >= 4 is 17.1 Å². The zero-order chi connectivity index (χ0) is 11.0. The van der Waals surface area contributed by atoms with Crippen LogP contribution in [0, 0.1) is 0 Å². The summed E-state index contributed by atoms with van der Waals surface area (Å²) in [5.41, 5.74) is 2.54. The monoisotopic (exact) mass is 228 g/mol. The Morgan fingerprint density at radius 1 is 1.12 bits per heavy atom. The lowest BCUT2D eigenvalue weighted by Crippen LogP contribution is -2.18. The summed E-state index contributed by atoms with van der Waals surface area (Å²) in [5.74, 6) is 0.648. The van der Waals surface area contributed by atoms with E-state index in [-0.39, 0.29) is 5.92 Å². The number of rotatable bonds is 1. The fourth-order valence-corrected chi connectivity index (χ4v) is 3.25. The summed E-state index contributed by atoms with van der Waals surface area (Å²) >= 11 is 1.74. The van der Waals surface area contributed by atoms with Crippen molar-refractivity contribution in [1.82, 2.24) is 0 Å². The second-order valence-electron chi connectivity index (χ2n) is 4.19. The van der Waals surface area contributed by atoms with Crippen molar-refractivity contribution in [1.29, 1.82) is 0 Å². The average Bonchev–Trinajstić information content (AvgIpc) is 2.81. The summed E-state index contributed by atoms with van der Waals surface area (Å²) in [6.07, 6.45) is 1.27. The fraction of sp³-hybridized carbons (Fsp3) is 0.214. The Hall–Kier alpha value is -1.41. The summed E-state index contributed by atoms with van der Waals surface area (Å²) in [6.45, 7) is 0. The number of hydrogen-bond acceptors (Lipinski definition) is 2. The molecule has 16 heavy (non-hydrogen) atoms. The van der Waals surface area contributed by atoms with Gasteiger partial charge >= 0.3 is 0 Å². The van der Waals surface area contributed by atoms with Crippen LogP contribution in [0.1, 0.15) is 28.3 Å². The van der Waals surface area contributed by atoms with Gasteiger partial charge in [-0.1, -0.05) is 30.3 Å². The molecule has 0 fully saturated rings. The number of carbonyl (C=O) groups excluding carboxylic acids is 1. The van der Waals surface area contributed by atoms with Crippen LogP contribution in [0.4, 0.5) is 0 Å². The van der Waals surface area contributed by atoms with Crippen molar-refractivity contribution < 1.29 is 4.79 Å². The van der Waals surface area contributed by atoms with Gasteiger partial charge in [-0.3, -0.25) is 4.79 Å². The highest BCUT2D eigenvalue weighted by molar-refractivity contribution is 7.10. The van der Waals surface area contributed by atoms with E-state index in [1.54, 1.807) is 11.3 Å². The molecule has 1 aromatic heterocycles. The Labute approximate surface area is 98.7 Å². The van der Waals surface area contributed by atoms with E-state index in [2.05, 4.69) is 35.7 Å². The zero-order valence-electron chi connectivity index (χ0n) is 8.85. The van der Waals surface area contributed by atoms with E-state index >= 15 is 0 Å². The van der Waals surface area contributed by atoms with Gasteiger partial charge in [-0.15, -0.1) is 11.3 Å². The lowest BCUT2D eigenvalue weighted by Gasteiger charge is -2.23. The molecule has 1 unspecified atom stereocenters. The SMILES string of the molecule is O=C1Cc2ccccc2C(c2cccs2)C1. The van der Waals surface area contributed by atoms with Gasteiger partial charge in [-0.05, 0) is 22.6 Å². The van der Waals surface area contributed by atoms with Gasteiger partial charge in [0, 0.05) is 23.6 Å². The Morgan fingerprint density at radius 2 is 2.00 bits per heavy atom. The average molecular weight is 228 g/mol. The van der Waals surface area contributed by atoms with Gasteiger partial charge in [-0.25, -0.2) is 0 Å². The number of benzene rings is 1. The Kier molecular flexibility index (Phi) is 2.37. The second kappa shape index (κ2) is 3.87. The molecule has 0 radical (unpaired) electrons. The summed E-state index contributed by atoms with van der Waals surface area (Å²) < 4.78 is 0. The fourth-order valence-electron chi connectivity index (χ4n) is 2.40. The van der Waals surface area contributed by atoms with Crippen molar-refractivity contribution in [2.24, 2.45) is 0 Å². The van der Waals surface area contributed by atoms with E-state index in [0.29, 0.717) is 18.6 Å². The van der Waals surface area contributed by atoms with Crippen LogP contribution in [-0.2, 0) is 11.2 Å². The summed E-state index contributed by atoms with van der Waals surface area (Å²) in [6, 6.07) is 12.5. The number of fused-ring (bicyclic) bond motifs is 1. The van der Waals surface area contributed by atoms with E-state index < -0.39 is 0 Å². The number of carbonyl (C=O) groups is 1. The molecule has 1 heterocycles. The van der Waals surface area contributed by atoms with Gasteiger partial charge < -0.3 is 0 Å². The molecule has 1 atom stereocenters. The molecule has 1 nitrogen and oxygen atoms in total. The number of Topliss-reactive ketones (excluding diaryl/α,β-unsaturated/α-hetero) is 1. The van der Waals surface area contributed by atoms with E-state index in [4.69, 9.17) is 0 Å². The predicted octanol–water partition coefficient (Wildman–Crippen LogP) is 3.40. The molecule has 1 aromatic carbocycles. The number of hydrogen-bond donors (Lipinski definition) is 0. The molecule has 0 spiro atoms. The summed E-state index contributed by atoms with van der Waals surface area (Å²) in [7, 11) is 0. The molecule has 2 aromatic rings. The van der Waals surface area contributed by atoms with Crippen LogP contribution in [0.3, 0.4) is 0 Å². The second-order valence-corrected chi connectivity index (χ2v) is 5.17. The van der Waals surface area contributed by atoms with Crippen LogP contribution < -0.4 is 0 Å². The first-order valence-corrected chi connectivity index (χ1v) is 6.35. The van der Waals surface area contributed by atoms with Crippen LogP contribution in [-0.4, -0.2) is 5.78 Å². The maximum absolute atomic E-state index is 11.7. The van der Waals surface area contributed by atoms with Gasteiger partial charge in [0.25, 0.3) is 0 Å². The molecular formula is C14H12OS. The first kappa shape index (κ1) is 9.79. The molecule has 2 heteroatoms. The van der Waals surface area contributed by atoms with E-state index in [1.807, 2.05) is 6.07 Å². The first-order valence-electron chi connectivity index (χ1n) is 5.47. The van der Waals surface area contributed by atoms with Gasteiger partial charge in [-0.2, -0.15) is 0 Å². The van der Waals surface area contributed by atoms with E-state index in [9.17, 15) is 4.79 Å². The largest absolute Gasteiger partial charge is 0.299 e. The van der Waals surface area contributed by atoms with E-state index in [0.717, 1.165) is 0 Å². The molecule has 0 bridgehead atoms. The highest BCUT2D eigenvalue weighted by Crippen LogP contribution is 2.36.